The van der Waals surface area contributed by atoms with Gasteiger partial charge in [0.1, 0.15) is 11.6 Å². The van der Waals surface area contributed by atoms with Gasteiger partial charge in [-0.15, -0.1) is 11.3 Å². The Morgan fingerprint density at radius 1 is 1.33 bits per heavy atom. The third kappa shape index (κ3) is 4.22. The maximum Gasteiger partial charge on any atom is 0.275 e. The lowest BCUT2D eigenvalue weighted by Crippen LogP contribution is -3.09. The third-order valence-corrected chi connectivity index (χ3v) is 5.16. The molecule has 0 fully saturated rings. The molecule has 0 saturated heterocycles. The molecule has 0 aliphatic heterocycles. The molecule has 0 saturated carbocycles. The van der Waals surface area contributed by atoms with Gasteiger partial charge >= 0.3 is 0 Å². The number of fused-ring (bicyclic) bond motifs is 1. The first-order chi connectivity index (χ1) is 11.5. The molecule has 1 aliphatic carbocycles. The maximum atomic E-state index is 11.8. The monoisotopic (exact) mass is 344 g/mol. The van der Waals surface area contributed by atoms with Crippen LogP contribution >= 0.6 is 11.3 Å². The second kappa shape index (κ2) is 7.45. The quantitative estimate of drug-likeness (QED) is 0.840. The second-order valence-electron chi connectivity index (χ2n) is 7.00. The molecule has 1 aliphatic rings. The van der Waals surface area contributed by atoms with Crippen LogP contribution in [0, 0.1) is 0 Å². The van der Waals surface area contributed by atoms with Crippen molar-refractivity contribution in [3.63, 3.8) is 0 Å². The molecule has 0 bridgehead atoms. The van der Waals surface area contributed by atoms with Gasteiger partial charge in [-0.2, -0.15) is 0 Å². The first-order valence-corrected chi connectivity index (χ1v) is 9.56. The Morgan fingerprint density at radius 3 is 2.92 bits per heavy atom. The number of carbonyl (C=O) groups is 1. The zero-order valence-electron chi connectivity index (χ0n) is 14.7. The molecule has 1 aromatic heterocycles. The molecule has 1 heterocycles. The Hall–Kier alpha value is -1.72. The van der Waals surface area contributed by atoms with Gasteiger partial charge < -0.3 is 10.2 Å². The van der Waals surface area contributed by atoms with Crippen molar-refractivity contribution in [2.45, 2.75) is 45.7 Å². The Bertz CT molecular complexity index is 723. The number of benzene rings is 1. The van der Waals surface area contributed by atoms with Crippen LogP contribution in [0.15, 0.2) is 23.6 Å². The highest BCUT2D eigenvalue weighted by atomic mass is 32.1. The maximum absolute atomic E-state index is 11.8. The van der Waals surface area contributed by atoms with E-state index in [0.717, 1.165) is 22.1 Å². The Labute approximate surface area is 147 Å². The molecule has 2 N–H and O–H groups in total. The molecule has 1 atom stereocenters. The number of nitrogens with one attached hydrogen (secondary N) is 2. The van der Waals surface area contributed by atoms with Crippen molar-refractivity contribution in [3.8, 4) is 11.3 Å². The Balaban J connectivity index is 1.62. The summed E-state index contributed by atoms with van der Waals surface area (Å²) in [5, 5.41) is 6.15. The summed E-state index contributed by atoms with van der Waals surface area (Å²) in [6.45, 7) is 5.22. The molecule has 0 radical (unpaired) electrons. The van der Waals surface area contributed by atoms with Crippen LogP contribution in [0.3, 0.4) is 0 Å². The standard InChI is InChI=1S/C19H25N3OS/c1-13(2)20-18(23)10-22(3)11-19-21-17(12-24-19)16-8-7-14-5-4-6-15(14)9-16/h7-9,12-13H,4-6,10-11H2,1-3H3,(H,20,23)/p+1. The highest BCUT2D eigenvalue weighted by Crippen LogP contribution is 2.28. The van der Waals surface area contributed by atoms with Crippen molar-refractivity contribution in [2.24, 2.45) is 0 Å². The molecule has 0 spiro atoms. The van der Waals surface area contributed by atoms with Crippen LogP contribution in [-0.2, 0) is 24.2 Å². The normalized spacial score (nSPS) is 14.7. The van der Waals surface area contributed by atoms with Gasteiger partial charge in [-0.05, 0) is 50.3 Å². The van der Waals surface area contributed by atoms with E-state index in [4.69, 9.17) is 4.98 Å². The van der Waals surface area contributed by atoms with Crippen molar-refractivity contribution in [1.29, 1.82) is 0 Å². The van der Waals surface area contributed by atoms with Gasteiger partial charge in [0, 0.05) is 17.0 Å². The lowest BCUT2D eigenvalue weighted by atomic mass is 10.1. The van der Waals surface area contributed by atoms with E-state index in [1.54, 1.807) is 11.3 Å². The molecular weight excluding hydrogens is 318 g/mol. The van der Waals surface area contributed by atoms with Gasteiger partial charge in [-0.25, -0.2) is 4.98 Å². The number of carbonyl (C=O) groups excluding carboxylic acids is 1. The number of amides is 1. The summed E-state index contributed by atoms with van der Waals surface area (Å²) in [4.78, 5) is 17.8. The van der Waals surface area contributed by atoms with E-state index in [0.29, 0.717) is 6.54 Å². The Morgan fingerprint density at radius 2 is 2.12 bits per heavy atom. The van der Waals surface area contributed by atoms with Crippen LogP contribution in [0.1, 0.15) is 36.4 Å². The number of thiazole rings is 1. The van der Waals surface area contributed by atoms with Crippen LogP contribution in [0.25, 0.3) is 11.3 Å². The molecule has 5 heteroatoms. The summed E-state index contributed by atoms with van der Waals surface area (Å²) in [5.74, 6) is 0.0953. The van der Waals surface area contributed by atoms with Gasteiger partial charge in [0.15, 0.2) is 6.54 Å². The summed E-state index contributed by atoms with van der Waals surface area (Å²) in [7, 11) is 2.04. The molecule has 3 rings (SSSR count). The summed E-state index contributed by atoms with van der Waals surface area (Å²) in [6, 6.07) is 6.94. The fourth-order valence-electron chi connectivity index (χ4n) is 3.22. The summed E-state index contributed by atoms with van der Waals surface area (Å²) in [6.07, 6.45) is 3.68. The van der Waals surface area contributed by atoms with E-state index in [9.17, 15) is 4.79 Å². The first-order valence-electron chi connectivity index (χ1n) is 8.68. The molecule has 4 nitrogen and oxygen atoms in total. The van der Waals surface area contributed by atoms with Gasteiger partial charge in [-0.1, -0.05) is 12.1 Å². The zero-order chi connectivity index (χ0) is 17.1. The highest BCUT2D eigenvalue weighted by molar-refractivity contribution is 7.09. The average Bonchev–Trinajstić information content (AvgIpc) is 3.13. The Kier molecular flexibility index (Phi) is 5.31. The van der Waals surface area contributed by atoms with Crippen LogP contribution in [0.4, 0.5) is 0 Å². The number of nitrogens with zero attached hydrogens (tertiary/aromatic N) is 1. The SMILES string of the molecule is CC(C)NC(=O)C[NH+](C)Cc1nc(-c2ccc3c(c2)CCC3)cs1. The van der Waals surface area contributed by atoms with Crippen molar-refractivity contribution in [1.82, 2.24) is 10.3 Å². The number of hydrogen-bond acceptors (Lipinski definition) is 3. The summed E-state index contributed by atoms with van der Waals surface area (Å²) >= 11 is 1.68. The average molecular weight is 345 g/mol. The minimum Gasteiger partial charge on any atom is -0.349 e. The molecule has 1 amide bonds. The van der Waals surface area contributed by atoms with E-state index in [1.165, 1.54) is 36.0 Å². The zero-order valence-corrected chi connectivity index (χ0v) is 15.5. The van der Waals surface area contributed by atoms with Gasteiger partial charge in [-0.3, -0.25) is 4.79 Å². The molecule has 1 aromatic carbocycles. The van der Waals surface area contributed by atoms with Crippen molar-refractivity contribution >= 4 is 17.2 Å². The fraction of sp³-hybridized carbons (Fsp3) is 0.474. The predicted octanol–water partition coefficient (Wildman–Crippen LogP) is 1.84. The third-order valence-electron chi connectivity index (χ3n) is 4.31. The number of likely N-dealkylation sites (N-methyl/N-ethyl adjacent to an activating group) is 1. The first kappa shape index (κ1) is 17.1. The largest absolute Gasteiger partial charge is 0.349 e. The highest BCUT2D eigenvalue weighted by Gasteiger charge is 2.15. The van der Waals surface area contributed by atoms with E-state index < -0.39 is 0 Å². The van der Waals surface area contributed by atoms with Crippen LogP contribution in [-0.4, -0.2) is 30.5 Å². The van der Waals surface area contributed by atoms with Crippen LogP contribution < -0.4 is 10.2 Å². The van der Waals surface area contributed by atoms with Crippen LogP contribution in [0.2, 0.25) is 0 Å². The predicted molar refractivity (Wildman–Crippen MR) is 98.3 cm³/mol. The minimum absolute atomic E-state index is 0.0953. The van der Waals surface area contributed by atoms with E-state index in [2.05, 4.69) is 28.9 Å². The number of aryl methyl sites for hydroxylation is 2. The van der Waals surface area contributed by atoms with Crippen molar-refractivity contribution in [3.05, 3.63) is 39.7 Å². The lowest BCUT2D eigenvalue weighted by Gasteiger charge is -2.13. The molecule has 2 aromatic rings. The van der Waals surface area contributed by atoms with E-state index in [-0.39, 0.29) is 11.9 Å². The molecule has 24 heavy (non-hydrogen) atoms. The minimum atomic E-state index is 0.0953. The number of aromatic nitrogens is 1. The van der Waals surface area contributed by atoms with Gasteiger partial charge in [0.25, 0.3) is 5.91 Å². The van der Waals surface area contributed by atoms with E-state index in [1.807, 2.05) is 20.9 Å². The van der Waals surface area contributed by atoms with Gasteiger partial charge in [0.2, 0.25) is 0 Å². The van der Waals surface area contributed by atoms with Crippen molar-refractivity contribution < 1.29 is 9.69 Å². The molecule has 128 valence electrons. The molecular formula is C19H26N3OS+. The molecule has 1 unspecified atom stereocenters. The topological polar surface area (TPSA) is 46.4 Å². The summed E-state index contributed by atoms with van der Waals surface area (Å²) < 4.78 is 0. The van der Waals surface area contributed by atoms with E-state index >= 15 is 0 Å². The smallest absolute Gasteiger partial charge is 0.275 e. The number of hydrogen-bond donors (Lipinski definition) is 2. The van der Waals surface area contributed by atoms with Crippen LogP contribution in [0.5, 0.6) is 0 Å². The second-order valence-corrected chi connectivity index (χ2v) is 7.94. The number of quaternary nitrogens is 1. The lowest BCUT2D eigenvalue weighted by molar-refractivity contribution is -0.885. The number of rotatable bonds is 6. The van der Waals surface area contributed by atoms with Gasteiger partial charge in [0.05, 0.1) is 12.7 Å². The fourth-order valence-corrected chi connectivity index (χ4v) is 4.14. The summed E-state index contributed by atoms with van der Waals surface area (Å²) in [5.41, 5.74) is 5.25. The van der Waals surface area contributed by atoms with Crippen molar-refractivity contribution in [2.75, 3.05) is 13.6 Å².